The van der Waals surface area contributed by atoms with Crippen molar-refractivity contribution in [2.45, 2.75) is 0 Å². The highest BCUT2D eigenvalue weighted by Gasteiger charge is 2.15. The highest BCUT2D eigenvalue weighted by Crippen LogP contribution is 2.12. The van der Waals surface area contributed by atoms with Crippen molar-refractivity contribution in [1.29, 1.82) is 0 Å². The Morgan fingerprint density at radius 3 is 1.87 bits per heavy atom. The van der Waals surface area contributed by atoms with Crippen LogP contribution in [0.4, 0.5) is 0 Å². The van der Waals surface area contributed by atoms with Crippen molar-refractivity contribution in [1.82, 2.24) is 15.2 Å². The molecule has 1 N–H and O–H groups in total. The third-order valence-electron chi connectivity index (χ3n) is 2.84. The second kappa shape index (κ2) is 6.52. The molecule has 0 fully saturated rings. The molecule has 0 radical (unpaired) electrons. The average Bonchev–Trinajstić information content (AvgIpc) is 3.03. The van der Waals surface area contributed by atoms with Gasteiger partial charge in [-0.25, -0.2) is 14.7 Å². The molecule has 0 spiro atoms. The van der Waals surface area contributed by atoms with Crippen LogP contribution in [0.5, 0.6) is 12.0 Å². The maximum absolute atomic E-state index is 11.8. The Kier molecular flexibility index (Phi) is 4.10. The lowest BCUT2D eigenvalue weighted by molar-refractivity contribution is 0.0718. The number of nitrogens with one attached hydrogen (secondary N) is 1. The van der Waals surface area contributed by atoms with Gasteiger partial charge in [-0.2, -0.15) is 0 Å². The van der Waals surface area contributed by atoms with E-state index in [-0.39, 0.29) is 12.0 Å². The minimum atomic E-state index is -0.606. The number of hydrogen-bond donors (Lipinski definition) is 1. The fourth-order valence-electron chi connectivity index (χ4n) is 1.76. The molecular formula is C16H11N3O4. The van der Waals surface area contributed by atoms with Crippen molar-refractivity contribution in [2.75, 3.05) is 0 Å². The molecule has 3 rings (SSSR count). The van der Waals surface area contributed by atoms with Gasteiger partial charge in [0, 0.05) is 0 Å². The van der Waals surface area contributed by atoms with Crippen LogP contribution in [0.25, 0.3) is 0 Å². The molecule has 114 valence electrons. The number of nitrogens with zero attached hydrogens (tertiary/aromatic N) is 2. The standard InChI is InChI=1S/C16H11N3O4/c20-13(11-7-3-1-4-8-11)22-15-17-16(19-18-15)23-14(21)12-9-5-2-6-10-12/h1-10H,(H,17,18,19). The van der Waals surface area contributed by atoms with Crippen molar-refractivity contribution in [2.24, 2.45) is 0 Å². The Morgan fingerprint density at radius 2 is 1.30 bits per heavy atom. The van der Waals surface area contributed by atoms with Crippen LogP contribution in [0.15, 0.2) is 60.7 Å². The Balaban J connectivity index is 1.64. The fraction of sp³-hybridized carbons (Fsp3) is 0. The molecule has 7 nitrogen and oxygen atoms in total. The second-order valence-electron chi connectivity index (χ2n) is 4.43. The molecule has 0 aliphatic carbocycles. The van der Waals surface area contributed by atoms with Crippen molar-refractivity contribution in [3.05, 3.63) is 71.8 Å². The fourth-order valence-corrected chi connectivity index (χ4v) is 1.76. The van der Waals surface area contributed by atoms with Gasteiger partial charge in [0.05, 0.1) is 11.1 Å². The summed E-state index contributed by atoms with van der Waals surface area (Å²) in [5.74, 6) is -1.20. The summed E-state index contributed by atoms with van der Waals surface area (Å²) in [4.78, 5) is 27.5. The minimum Gasteiger partial charge on any atom is -0.387 e. The average molecular weight is 309 g/mol. The number of carbonyl (C=O) groups is 2. The molecule has 0 saturated heterocycles. The molecule has 0 amide bonds. The molecule has 23 heavy (non-hydrogen) atoms. The van der Waals surface area contributed by atoms with Crippen LogP contribution in [0.3, 0.4) is 0 Å². The van der Waals surface area contributed by atoms with E-state index in [2.05, 4.69) is 15.2 Å². The predicted octanol–water partition coefficient (Wildman–Crippen LogP) is 2.24. The van der Waals surface area contributed by atoms with Crippen molar-refractivity contribution in [3.8, 4) is 12.0 Å². The molecule has 0 unspecified atom stereocenters. The minimum absolute atomic E-state index is 0.158. The van der Waals surface area contributed by atoms with Gasteiger partial charge in [0.2, 0.25) is 0 Å². The maximum Gasteiger partial charge on any atom is 0.346 e. The van der Waals surface area contributed by atoms with Gasteiger partial charge in [-0.15, -0.1) is 10.1 Å². The molecule has 0 aliphatic rings. The molecule has 1 heterocycles. The van der Waals surface area contributed by atoms with Gasteiger partial charge in [0.15, 0.2) is 0 Å². The molecular weight excluding hydrogens is 298 g/mol. The smallest absolute Gasteiger partial charge is 0.346 e. The van der Waals surface area contributed by atoms with Crippen LogP contribution in [-0.4, -0.2) is 27.1 Å². The summed E-state index contributed by atoms with van der Waals surface area (Å²) in [6, 6.07) is 16.4. The summed E-state index contributed by atoms with van der Waals surface area (Å²) >= 11 is 0. The monoisotopic (exact) mass is 309 g/mol. The lowest BCUT2D eigenvalue weighted by Crippen LogP contribution is -2.10. The van der Waals surface area contributed by atoms with Crippen LogP contribution < -0.4 is 9.47 Å². The summed E-state index contributed by atoms with van der Waals surface area (Å²) in [7, 11) is 0. The Hall–Kier alpha value is -3.48. The van der Waals surface area contributed by atoms with Crippen LogP contribution in [-0.2, 0) is 0 Å². The highest BCUT2D eigenvalue weighted by atomic mass is 16.6. The van der Waals surface area contributed by atoms with E-state index in [9.17, 15) is 9.59 Å². The van der Waals surface area contributed by atoms with Crippen molar-refractivity contribution >= 4 is 11.9 Å². The molecule has 3 aromatic rings. The summed E-state index contributed by atoms with van der Waals surface area (Å²) in [6.45, 7) is 0. The van der Waals surface area contributed by atoms with Crippen LogP contribution in [0, 0.1) is 0 Å². The van der Waals surface area contributed by atoms with Crippen LogP contribution >= 0.6 is 0 Å². The molecule has 7 heteroatoms. The first-order valence-electron chi connectivity index (χ1n) is 6.69. The van der Waals surface area contributed by atoms with Gasteiger partial charge in [-0.3, -0.25) is 0 Å². The first-order chi connectivity index (χ1) is 11.2. The van der Waals surface area contributed by atoms with E-state index in [1.807, 2.05) is 0 Å². The van der Waals surface area contributed by atoms with Crippen molar-refractivity contribution < 1.29 is 19.1 Å². The largest absolute Gasteiger partial charge is 0.387 e. The molecule has 1 aromatic heterocycles. The summed E-state index contributed by atoms with van der Waals surface area (Å²) in [6.07, 6.45) is 0. The number of H-pyrrole nitrogens is 1. The van der Waals surface area contributed by atoms with Gasteiger partial charge in [0.25, 0.3) is 0 Å². The van der Waals surface area contributed by atoms with Gasteiger partial charge in [-0.05, 0) is 24.3 Å². The zero-order valence-corrected chi connectivity index (χ0v) is 11.8. The van der Waals surface area contributed by atoms with Gasteiger partial charge in [0.1, 0.15) is 0 Å². The van der Waals surface area contributed by atoms with E-state index in [1.165, 1.54) is 0 Å². The zero-order valence-electron chi connectivity index (χ0n) is 11.8. The number of aromatic nitrogens is 3. The topological polar surface area (TPSA) is 94.2 Å². The van der Waals surface area contributed by atoms with Gasteiger partial charge >= 0.3 is 24.0 Å². The third-order valence-corrected chi connectivity index (χ3v) is 2.84. The first kappa shape index (κ1) is 14.5. The lowest BCUT2D eigenvalue weighted by Gasteiger charge is -1.99. The summed E-state index contributed by atoms with van der Waals surface area (Å²) in [5.41, 5.74) is 0.729. The summed E-state index contributed by atoms with van der Waals surface area (Å²) < 4.78 is 9.99. The maximum atomic E-state index is 11.8. The number of aromatic amines is 1. The zero-order chi connectivity index (χ0) is 16.1. The number of rotatable bonds is 4. The van der Waals surface area contributed by atoms with E-state index in [0.29, 0.717) is 11.1 Å². The molecule has 0 atom stereocenters. The lowest BCUT2D eigenvalue weighted by atomic mass is 10.2. The van der Waals surface area contributed by atoms with E-state index in [0.717, 1.165) is 0 Å². The van der Waals surface area contributed by atoms with E-state index in [1.54, 1.807) is 60.7 Å². The summed E-state index contributed by atoms with van der Waals surface area (Å²) in [5, 5.41) is 6.05. The molecule has 2 aromatic carbocycles. The number of ether oxygens (including phenoxy) is 2. The SMILES string of the molecule is O=C(Oc1n[nH]c(OC(=O)c2ccccc2)n1)c1ccccc1. The quantitative estimate of drug-likeness (QED) is 0.743. The Bertz CT molecular complexity index is 748. The van der Waals surface area contributed by atoms with E-state index in [4.69, 9.17) is 9.47 Å². The molecule has 0 bridgehead atoms. The van der Waals surface area contributed by atoms with Crippen LogP contribution in [0.2, 0.25) is 0 Å². The van der Waals surface area contributed by atoms with E-state index < -0.39 is 11.9 Å². The number of carbonyl (C=O) groups excluding carboxylic acids is 2. The predicted molar refractivity (Wildman–Crippen MR) is 79.2 cm³/mol. The van der Waals surface area contributed by atoms with Gasteiger partial charge < -0.3 is 9.47 Å². The number of hydrogen-bond acceptors (Lipinski definition) is 6. The Labute approximate surface area is 130 Å². The van der Waals surface area contributed by atoms with Crippen molar-refractivity contribution in [3.63, 3.8) is 0 Å². The first-order valence-corrected chi connectivity index (χ1v) is 6.69. The number of esters is 2. The second-order valence-corrected chi connectivity index (χ2v) is 4.43. The number of benzene rings is 2. The normalized spacial score (nSPS) is 10.1. The third kappa shape index (κ3) is 3.59. The Morgan fingerprint density at radius 1 is 0.783 bits per heavy atom. The van der Waals surface area contributed by atoms with E-state index >= 15 is 0 Å². The molecule has 0 saturated carbocycles. The van der Waals surface area contributed by atoms with Gasteiger partial charge in [-0.1, -0.05) is 36.4 Å². The van der Waals surface area contributed by atoms with Crippen LogP contribution in [0.1, 0.15) is 20.7 Å². The highest BCUT2D eigenvalue weighted by molar-refractivity contribution is 5.91. The molecule has 0 aliphatic heterocycles.